The van der Waals surface area contributed by atoms with Crippen LogP contribution in [0.5, 0.6) is 0 Å². The van der Waals surface area contributed by atoms with Gasteiger partial charge in [-0.3, -0.25) is 9.97 Å². The van der Waals surface area contributed by atoms with E-state index < -0.39 is 0 Å². The van der Waals surface area contributed by atoms with Crippen LogP contribution in [0.2, 0.25) is 0 Å². The molecular weight excluding hydrogens is 184 g/mol. The molecule has 2 rings (SSSR count). The predicted molar refractivity (Wildman–Crippen MR) is 62.3 cm³/mol. The summed E-state index contributed by atoms with van der Waals surface area (Å²) in [6.45, 7) is 5.77. The van der Waals surface area contributed by atoms with Crippen LogP contribution in [0.1, 0.15) is 11.1 Å². The van der Waals surface area contributed by atoms with E-state index in [4.69, 9.17) is 0 Å². The van der Waals surface area contributed by atoms with Crippen LogP contribution in [0, 0.1) is 6.92 Å². The fourth-order valence-corrected chi connectivity index (χ4v) is 1.46. The number of hydrogen-bond donors (Lipinski definition) is 0. The Hall–Kier alpha value is -1.96. The van der Waals surface area contributed by atoms with E-state index in [0.717, 1.165) is 22.5 Å². The summed E-state index contributed by atoms with van der Waals surface area (Å²) in [5.41, 5.74) is 4.02. The van der Waals surface area contributed by atoms with Gasteiger partial charge < -0.3 is 0 Å². The SMILES string of the molecule is C=Cc1ccnc(-c2ncccc2C)c1. The summed E-state index contributed by atoms with van der Waals surface area (Å²) in [6.07, 6.45) is 5.37. The first-order chi connectivity index (χ1) is 7.31. The second kappa shape index (κ2) is 4.05. The maximum absolute atomic E-state index is 4.33. The first-order valence-corrected chi connectivity index (χ1v) is 4.82. The van der Waals surface area contributed by atoms with Crippen LogP contribution in [0.15, 0.2) is 43.2 Å². The topological polar surface area (TPSA) is 25.8 Å². The molecule has 0 saturated heterocycles. The van der Waals surface area contributed by atoms with Gasteiger partial charge in [-0.25, -0.2) is 0 Å². The summed E-state index contributed by atoms with van der Waals surface area (Å²) in [7, 11) is 0. The van der Waals surface area contributed by atoms with Crippen molar-refractivity contribution in [2.75, 3.05) is 0 Å². The first-order valence-electron chi connectivity index (χ1n) is 4.82. The third-order valence-electron chi connectivity index (χ3n) is 2.27. The highest BCUT2D eigenvalue weighted by Crippen LogP contribution is 2.19. The normalized spacial score (nSPS) is 9.93. The van der Waals surface area contributed by atoms with Crippen molar-refractivity contribution in [3.63, 3.8) is 0 Å². The summed E-state index contributed by atoms with van der Waals surface area (Å²) in [6, 6.07) is 7.87. The molecule has 2 heteroatoms. The third kappa shape index (κ3) is 1.94. The molecule has 2 heterocycles. The van der Waals surface area contributed by atoms with E-state index in [2.05, 4.69) is 16.5 Å². The van der Waals surface area contributed by atoms with Gasteiger partial charge in [0.15, 0.2) is 0 Å². The average molecular weight is 196 g/mol. The molecule has 0 unspecified atom stereocenters. The molecule has 0 atom stereocenters. The van der Waals surface area contributed by atoms with Gasteiger partial charge in [0.25, 0.3) is 0 Å². The fraction of sp³-hybridized carbons (Fsp3) is 0.0769. The lowest BCUT2D eigenvalue weighted by molar-refractivity contribution is 1.21. The van der Waals surface area contributed by atoms with Gasteiger partial charge in [-0.1, -0.05) is 18.7 Å². The number of nitrogens with zero attached hydrogens (tertiary/aromatic N) is 2. The minimum Gasteiger partial charge on any atom is -0.255 e. The van der Waals surface area contributed by atoms with Gasteiger partial charge in [0.2, 0.25) is 0 Å². The molecule has 15 heavy (non-hydrogen) atoms. The molecule has 0 saturated carbocycles. The van der Waals surface area contributed by atoms with Crippen molar-refractivity contribution in [1.82, 2.24) is 9.97 Å². The number of hydrogen-bond acceptors (Lipinski definition) is 2. The maximum atomic E-state index is 4.33. The van der Waals surface area contributed by atoms with Gasteiger partial charge in [-0.05, 0) is 36.2 Å². The first kappa shape index (κ1) is 9.59. The molecule has 0 aliphatic rings. The lowest BCUT2D eigenvalue weighted by atomic mass is 10.1. The van der Waals surface area contributed by atoms with E-state index in [9.17, 15) is 0 Å². The molecule has 0 aliphatic heterocycles. The predicted octanol–water partition coefficient (Wildman–Crippen LogP) is 3.10. The summed E-state index contributed by atoms with van der Waals surface area (Å²) < 4.78 is 0. The van der Waals surface area contributed by atoms with Gasteiger partial charge in [0, 0.05) is 12.4 Å². The molecule has 0 aromatic carbocycles. The number of aryl methyl sites for hydroxylation is 1. The highest BCUT2D eigenvalue weighted by molar-refractivity contribution is 5.62. The Morgan fingerprint density at radius 3 is 2.80 bits per heavy atom. The van der Waals surface area contributed by atoms with Crippen molar-refractivity contribution in [3.05, 3.63) is 54.4 Å². The Labute approximate surface area is 89.3 Å². The van der Waals surface area contributed by atoms with Crippen LogP contribution >= 0.6 is 0 Å². The van der Waals surface area contributed by atoms with Crippen LogP contribution in [0.3, 0.4) is 0 Å². The van der Waals surface area contributed by atoms with Crippen LogP contribution in [-0.2, 0) is 0 Å². The molecule has 2 nitrogen and oxygen atoms in total. The van der Waals surface area contributed by atoms with E-state index in [-0.39, 0.29) is 0 Å². The van der Waals surface area contributed by atoms with Crippen LogP contribution in [0.25, 0.3) is 17.5 Å². The molecule has 0 N–H and O–H groups in total. The summed E-state index contributed by atoms with van der Waals surface area (Å²) in [5, 5.41) is 0. The maximum Gasteiger partial charge on any atom is 0.0915 e. The van der Waals surface area contributed by atoms with E-state index in [1.165, 1.54) is 0 Å². The van der Waals surface area contributed by atoms with Gasteiger partial charge in [-0.2, -0.15) is 0 Å². The Morgan fingerprint density at radius 2 is 2.07 bits per heavy atom. The Kier molecular flexibility index (Phi) is 2.59. The van der Waals surface area contributed by atoms with E-state index in [1.807, 2.05) is 37.3 Å². The van der Waals surface area contributed by atoms with Gasteiger partial charge >= 0.3 is 0 Å². The summed E-state index contributed by atoms with van der Waals surface area (Å²) in [4.78, 5) is 8.64. The Bertz CT molecular complexity index is 489. The van der Waals surface area contributed by atoms with E-state index in [1.54, 1.807) is 12.4 Å². The quantitative estimate of drug-likeness (QED) is 0.737. The Morgan fingerprint density at radius 1 is 1.20 bits per heavy atom. The fourth-order valence-electron chi connectivity index (χ4n) is 1.46. The minimum atomic E-state index is 0.894. The van der Waals surface area contributed by atoms with E-state index in [0.29, 0.717) is 0 Å². The smallest absolute Gasteiger partial charge is 0.0915 e. The van der Waals surface area contributed by atoms with Gasteiger partial charge in [0.1, 0.15) is 0 Å². The summed E-state index contributed by atoms with van der Waals surface area (Å²) in [5.74, 6) is 0. The number of rotatable bonds is 2. The lowest BCUT2D eigenvalue weighted by Crippen LogP contribution is -1.90. The third-order valence-corrected chi connectivity index (χ3v) is 2.27. The molecule has 0 fully saturated rings. The molecule has 74 valence electrons. The van der Waals surface area contributed by atoms with Gasteiger partial charge in [-0.15, -0.1) is 0 Å². The lowest BCUT2D eigenvalue weighted by Gasteiger charge is -2.03. The molecule has 0 bridgehead atoms. The zero-order chi connectivity index (χ0) is 10.7. The van der Waals surface area contributed by atoms with Crippen molar-refractivity contribution in [2.45, 2.75) is 6.92 Å². The van der Waals surface area contributed by atoms with Crippen LogP contribution < -0.4 is 0 Å². The molecule has 0 amide bonds. The van der Waals surface area contributed by atoms with Crippen molar-refractivity contribution < 1.29 is 0 Å². The Balaban J connectivity index is 2.54. The standard InChI is InChI=1S/C13H12N2/c1-3-11-6-8-14-12(9-11)13-10(2)5-4-7-15-13/h3-9H,1H2,2H3. The molecule has 0 aliphatic carbocycles. The van der Waals surface area contributed by atoms with Crippen LogP contribution in [0.4, 0.5) is 0 Å². The second-order valence-corrected chi connectivity index (χ2v) is 3.35. The van der Waals surface area contributed by atoms with E-state index >= 15 is 0 Å². The van der Waals surface area contributed by atoms with Crippen molar-refractivity contribution in [2.24, 2.45) is 0 Å². The van der Waals surface area contributed by atoms with Crippen molar-refractivity contribution >= 4 is 6.08 Å². The second-order valence-electron chi connectivity index (χ2n) is 3.35. The molecule has 0 spiro atoms. The average Bonchev–Trinajstić information content (AvgIpc) is 2.30. The summed E-state index contributed by atoms with van der Waals surface area (Å²) >= 11 is 0. The largest absolute Gasteiger partial charge is 0.255 e. The van der Waals surface area contributed by atoms with Crippen molar-refractivity contribution in [1.29, 1.82) is 0 Å². The number of pyridine rings is 2. The molecular formula is C13H12N2. The van der Waals surface area contributed by atoms with Crippen molar-refractivity contribution in [3.8, 4) is 11.4 Å². The number of aromatic nitrogens is 2. The zero-order valence-electron chi connectivity index (χ0n) is 8.64. The van der Waals surface area contributed by atoms with Gasteiger partial charge in [0.05, 0.1) is 11.4 Å². The zero-order valence-corrected chi connectivity index (χ0v) is 8.64. The monoisotopic (exact) mass is 196 g/mol. The molecule has 2 aromatic rings. The highest BCUT2D eigenvalue weighted by Gasteiger charge is 2.03. The molecule has 2 aromatic heterocycles. The minimum absolute atomic E-state index is 0.894. The highest BCUT2D eigenvalue weighted by atomic mass is 14.8. The molecule has 0 radical (unpaired) electrons. The van der Waals surface area contributed by atoms with Crippen LogP contribution in [-0.4, -0.2) is 9.97 Å².